The van der Waals surface area contributed by atoms with Crippen LogP contribution in [0.4, 0.5) is 0 Å². The van der Waals surface area contributed by atoms with Gasteiger partial charge in [-0.3, -0.25) is 4.79 Å². The first-order valence-electron chi connectivity index (χ1n) is 5.31. The number of hydrogen-bond donors (Lipinski definition) is 0. The summed E-state index contributed by atoms with van der Waals surface area (Å²) in [7, 11) is 0. The van der Waals surface area contributed by atoms with Crippen molar-refractivity contribution in [3.05, 3.63) is 47.5 Å². The number of carbonyl (C=O) groups excluding carboxylic acids is 1. The van der Waals surface area contributed by atoms with Crippen molar-refractivity contribution in [2.24, 2.45) is 5.92 Å². The van der Waals surface area contributed by atoms with E-state index in [2.05, 4.69) is 18.2 Å². The normalized spacial score (nSPS) is 19.5. The van der Waals surface area contributed by atoms with Gasteiger partial charge in [0.15, 0.2) is 5.78 Å². The molecule has 0 fully saturated rings. The summed E-state index contributed by atoms with van der Waals surface area (Å²) in [4.78, 5) is 11.8. The van der Waals surface area contributed by atoms with Crippen LogP contribution in [0.3, 0.4) is 0 Å². The summed E-state index contributed by atoms with van der Waals surface area (Å²) in [5.74, 6) is 0.465. The third-order valence-electron chi connectivity index (χ3n) is 3.21. The van der Waals surface area contributed by atoms with Gasteiger partial charge in [-0.15, -0.1) is 0 Å². The minimum atomic E-state index is 0.164. The molecular weight excluding hydrogens is 184 g/mol. The molecule has 0 spiro atoms. The van der Waals surface area contributed by atoms with Crippen LogP contribution in [0.15, 0.2) is 36.4 Å². The van der Waals surface area contributed by atoms with Crippen molar-refractivity contribution in [1.29, 1.82) is 0 Å². The third-order valence-corrected chi connectivity index (χ3v) is 3.21. The summed E-state index contributed by atoms with van der Waals surface area (Å²) in [6.45, 7) is 2.01. The largest absolute Gasteiger partial charge is 0.294 e. The van der Waals surface area contributed by atoms with Crippen molar-refractivity contribution in [3.8, 4) is 0 Å². The summed E-state index contributed by atoms with van der Waals surface area (Å²) >= 11 is 0. The molecule has 1 aliphatic rings. The number of carbonyl (C=O) groups is 1. The summed E-state index contributed by atoms with van der Waals surface area (Å²) in [6.07, 6.45) is 0.902. The monoisotopic (exact) mass is 196 g/mol. The number of rotatable bonds is 0. The van der Waals surface area contributed by atoms with Crippen LogP contribution in [0.2, 0.25) is 0 Å². The van der Waals surface area contributed by atoms with Gasteiger partial charge in [0.25, 0.3) is 0 Å². The lowest BCUT2D eigenvalue weighted by atomic mass is 10.0. The van der Waals surface area contributed by atoms with E-state index in [4.69, 9.17) is 0 Å². The van der Waals surface area contributed by atoms with Crippen molar-refractivity contribution in [3.63, 3.8) is 0 Å². The number of fused-ring (bicyclic) bond motifs is 2. The molecule has 1 heteroatoms. The zero-order chi connectivity index (χ0) is 10.4. The van der Waals surface area contributed by atoms with E-state index in [1.165, 1.54) is 16.3 Å². The van der Waals surface area contributed by atoms with Crippen molar-refractivity contribution < 1.29 is 4.79 Å². The first-order chi connectivity index (χ1) is 7.25. The zero-order valence-electron chi connectivity index (χ0n) is 8.66. The van der Waals surface area contributed by atoms with Crippen molar-refractivity contribution in [1.82, 2.24) is 0 Å². The average molecular weight is 196 g/mol. The lowest BCUT2D eigenvalue weighted by molar-refractivity contribution is 0.0946. The van der Waals surface area contributed by atoms with Crippen molar-refractivity contribution in [2.45, 2.75) is 13.3 Å². The van der Waals surface area contributed by atoms with Gasteiger partial charge in [-0.2, -0.15) is 0 Å². The second-order valence-electron chi connectivity index (χ2n) is 4.33. The zero-order valence-corrected chi connectivity index (χ0v) is 8.66. The van der Waals surface area contributed by atoms with Gasteiger partial charge in [0.1, 0.15) is 0 Å². The molecule has 0 aliphatic heterocycles. The maximum absolute atomic E-state index is 11.8. The molecule has 0 aromatic heterocycles. The van der Waals surface area contributed by atoms with Gasteiger partial charge in [0.05, 0.1) is 0 Å². The minimum absolute atomic E-state index is 0.164. The summed E-state index contributed by atoms with van der Waals surface area (Å²) in [5.41, 5.74) is 2.15. The fraction of sp³-hybridized carbons (Fsp3) is 0.214. The Bertz CT molecular complexity index is 554. The lowest BCUT2D eigenvalue weighted by Gasteiger charge is -2.01. The molecule has 2 aromatic carbocycles. The Kier molecular flexibility index (Phi) is 1.69. The van der Waals surface area contributed by atoms with Crippen LogP contribution in [0, 0.1) is 5.92 Å². The molecule has 74 valence electrons. The van der Waals surface area contributed by atoms with E-state index in [0.717, 1.165) is 12.0 Å². The van der Waals surface area contributed by atoms with E-state index >= 15 is 0 Å². The van der Waals surface area contributed by atoms with Gasteiger partial charge in [-0.05, 0) is 28.8 Å². The number of hydrogen-bond acceptors (Lipinski definition) is 1. The van der Waals surface area contributed by atoms with Crippen LogP contribution < -0.4 is 0 Å². The fourth-order valence-corrected chi connectivity index (χ4v) is 2.37. The predicted molar refractivity (Wildman–Crippen MR) is 61.1 cm³/mol. The molecule has 2 aromatic rings. The highest BCUT2D eigenvalue weighted by atomic mass is 16.1. The highest BCUT2D eigenvalue weighted by Gasteiger charge is 2.26. The fourth-order valence-electron chi connectivity index (χ4n) is 2.37. The summed E-state index contributed by atoms with van der Waals surface area (Å²) in [6, 6.07) is 12.4. The van der Waals surface area contributed by atoms with Gasteiger partial charge in [0, 0.05) is 11.5 Å². The average Bonchev–Trinajstić information content (AvgIpc) is 2.52. The summed E-state index contributed by atoms with van der Waals surface area (Å²) < 4.78 is 0. The molecule has 0 saturated heterocycles. The molecule has 1 atom stereocenters. The maximum atomic E-state index is 11.8. The lowest BCUT2D eigenvalue weighted by Crippen LogP contribution is -2.02. The van der Waals surface area contributed by atoms with Gasteiger partial charge < -0.3 is 0 Å². The van der Waals surface area contributed by atoms with Crippen LogP contribution in [0.25, 0.3) is 10.8 Å². The highest BCUT2D eigenvalue weighted by Crippen LogP contribution is 2.30. The molecule has 0 saturated carbocycles. The van der Waals surface area contributed by atoms with Crippen LogP contribution >= 0.6 is 0 Å². The molecule has 1 nitrogen and oxygen atoms in total. The van der Waals surface area contributed by atoms with Crippen LogP contribution in [-0.4, -0.2) is 5.78 Å². The molecule has 0 N–H and O–H groups in total. The number of benzene rings is 2. The molecular formula is C14H12O. The Morgan fingerprint density at radius 3 is 2.53 bits per heavy atom. The van der Waals surface area contributed by atoms with Gasteiger partial charge in [-0.1, -0.05) is 37.3 Å². The first kappa shape index (κ1) is 8.66. The maximum Gasteiger partial charge on any atom is 0.166 e. The summed E-state index contributed by atoms with van der Waals surface area (Å²) in [5, 5.41) is 2.40. The van der Waals surface area contributed by atoms with E-state index in [1.807, 2.05) is 25.1 Å². The van der Waals surface area contributed by atoms with Crippen molar-refractivity contribution >= 4 is 16.6 Å². The number of Topliss-reactive ketones (excluding diaryl/α,β-unsaturated/α-hetero) is 1. The van der Waals surface area contributed by atoms with Crippen molar-refractivity contribution in [2.75, 3.05) is 0 Å². The Morgan fingerprint density at radius 1 is 1.13 bits per heavy atom. The minimum Gasteiger partial charge on any atom is -0.294 e. The van der Waals surface area contributed by atoms with E-state index in [-0.39, 0.29) is 5.92 Å². The van der Waals surface area contributed by atoms with Gasteiger partial charge in [-0.25, -0.2) is 0 Å². The smallest absolute Gasteiger partial charge is 0.166 e. The molecule has 3 rings (SSSR count). The van der Waals surface area contributed by atoms with Gasteiger partial charge >= 0.3 is 0 Å². The molecule has 1 aliphatic carbocycles. The molecule has 0 amide bonds. The first-order valence-corrected chi connectivity index (χ1v) is 5.31. The quantitative estimate of drug-likeness (QED) is 0.632. The Labute approximate surface area is 88.7 Å². The highest BCUT2D eigenvalue weighted by molar-refractivity contribution is 6.05. The SMILES string of the molecule is CC1Cc2cc3ccccc3cc2C1=O. The second kappa shape index (κ2) is 2.93. The van der Waals surface area contributed by atoms with Crippen LogP contribution in [-0.2, 0) is 6.42 Å². The molecule has 15 heavy (non-hydrogen) atoms. The third kappa shape index (κ3) is 1.19. The Morgan fingerprint density at radius 2 is 1.80 bits per heavy atom. The van der Waals surface area contributed by atoms with Crippen LogP contribution in [0.5, 0.6) is 0 Å². The number of ketones is 1. The predicted octanol–water partition coefficient (Wildman–Crippen LogP) is 3.21. The Balaban J connectivity index is 2.32. The second-order valence-corrected chi connectivity index (χ2v) is 4.33. The molecule has 0 bridgehead atoms. The standard InChI is InChI=1S/C14H12O/c1-9-6-12-7-10-4-2-3-5-11(10)8-13(12)14(9)15/h2-5,7-9H,6H2,1H3. The van der Waals surface area contributed by atoms with E-state index in [0.29, 0.717) is 5.78 Å². The molecule has 1 unspecified atom stereocenters. The van der Waals surface area contributed by atoms with Gasteiger partial charge in [0.2, 0.25) is 0 Å². The van der Waals surface area contributed by atoms with E-state index < -0.39 is 0 Å². The van der Waals surface area contributed by atoms with E-state index in [1.54, 1.807) is 0 Å². The van der Waals surface area contributed by atoms with Crippen LogP contribution in [0.1, 0.15) is 22.8 Å². The van der Waals surface area contributed by atoms with E-state index in [9.17, 15) is 4.79 Å². The molecule has 0 heterocycles. The Hall–Kier alpha value is -1.63. The topological polar surface area (TPSA) is 17.1 Å². The molecule has 0 radical (unpaired) electrons.